The van der Waals surface area contributed by atoms with Gasteiger partial charge in [-0.15, -0.1) is 0 Å². The van der Waals surface area contributed by atoms with Crippen LogP contribution in [0.15, 0.2) is 68.2 Å². The van der Waals surface area contributed by atoms with Crippen LogP contribution in [0.2, 0.25) is 0 Å². The molecule has 8 bridgehead atoms. The SMILES string of the molecule is C=CC1=C(C)c2cc3[nH]c(cc4[n+]([CH2-])c(cc5[nH]c(cc1[n+]2[CH2-])c(C)c5C=C)C(C)=C4CC(=C)OO)c(C)c3CC(=C)OO. The number of aryl methyl sites for hydroxylation is 2. The Bertz CT molecular complexity index is 2020. The molecule has 8 heteroatoms. The Morgan fingerprint density at radius 1 is 0.727 bits per heavy atom. The molecule has 5 heterocycles. The van der Waals surface area contributed by atoms with E-state index in [-0.39, 0.29) is 24.4 Å². The normalized spacial score (nSPS) is 12.9. The first-order valence-corrected chi connectivity index (χ1v) is 14.1. The summed E-state index contributed by atoms with van der Waals surface area (Å²) in [6.45, 7) is 24.0. The van der Waals surface area contributed by atoms with E-state index < -0.39 is 0 Å². The van der Waals surface area contributed by atoms with Crippen molar-refractivity contribution in [3.8, 4) is 0 Å². The van der Waals surface area contributed by atoms with Crippen molar-refractivity contribution in [3.63, 3.8) is 0 Å². The number of hydrogen-bond donors (Lipinski definition) is 4. The summed E-state index contributed by atoms with van der Waals surface area (Å²) in [6.07, 6.45) is 4.25. The van der Waals surface area contributed by atoms with E-state index in [9.17, 15) is 10.5 Å². The second-order valence-electron chi connectivity index (χ2n) is 11.2. The van der Waals surface area contributed by atoms with E-state index in [4.69, 9.17) is 0 Å². The maximum atomic E-state index is 9.36. The van der Waals surface area contributed by atoms with Crippen molar-refractivity contribution in [3.05, 3.63) is 127 Å². The average Bonchev–Trinajstić information content (AvgIpc) is 3.61. The van der Waals surface area contributed by atoms with E-state index in [2.05, 4.69) is 79.2 Å². The van der Waals surface area contributed by atoms with Gasteiger partial charge in [0.2, 0.25) is 0 Å². The molecule has 5 rings (SSSR count). The number of allylic oxidation sites excluding steroid dienone is 6. The van der Waals surface area contributed by atoms with Crippen LogP contribution in [-0.2, 0) is 16.2 Å². The highest BCUT2D eigenvalue weighted by molar-refractivity contribution is 5.96. The molecule has 0 amide bonds. The molecular weight excluding hydrogens is 552 g/mol. The Balaban J connectivity index is 2.04. The van der Waals surface area contributed by atoms with Gasteiger partial charge in [0, 0.05) is 54.6 Å². The fraction of sp³-hybridized carbons (Fsp3) is 0.167. The monoisotopic (exact) mass is 590 g/mol. The second-order valence-corrected chi connectivity index (χ2v) is 11.2. The number of hydrogen-bond acceptors (Lipinski definition) is 4. The van der Waals surface area contributed by atoms with Crippen LogP contribution < -0.4 is 9.13 Å². The van der Waals surface area contributed by atoms with E-state index in [0.29, 0.717) is 0 Å². The lowest BCUT2D eigenvalue weighted by Gasteiger charge is -2.06. The van der Waals surface area contributed by atoms with Crippen molar-refractivity contribution in [1.29, 1.82) is 0 Å². The zero-order chi connectivity index (χ0) is 32.0. The van der Waals surface area contributed by atoms with Crippen LogP contribution in [-0.4, -0.2) is 20.5 Å². The number of nitrogens with one attached hydrogen (secondary N) is 2. The Hall–Kier alpha value is -5.18. The molecule has 0 aromatic carbocycles. The topological polar surface area (TPSA) is 98.3 Å². The molecule has 3 aromatic heterocycles. The lowest BCUT2D eigenvalue weighted by molar-refractivity contribution is -0.614. The summed E-state index contributed by atoms with van der Waals surface area (Å²) in [5, 5.41) is 18.7. The van der Waals surface area contributed by atoms with E-state index in [1.807, 2.05) is 54.2 Å². The minimum absolute atomic E-state index is 0.208. The van der Waals surface area contributed by atoms with E-state index in [0.717, 1.165) is 89.4 Å². The summed E-state index contributed by atoms with van der Waals surface area (Å²) in [4.78, 5) is 16.2. The van der Waals surface area contributed by atoms with Crippen molar-refractivity contribution in [2.75, 3.05) is 0 Å². The number of aromatic nitrogens is 4. The first-order valence-electron chi connectivity index (χ1n) is 14.1. The minimum Gasteiger partial charge on any atom is -0.356 e. The van der Waals surface area contributed by atoms with Crippen molar-refractivity contribution < 1.29 is 29.4 Å². The van der Waals surface area contributed by atoms with Crippen LogP contribution >= 0.6 is 0 Å². The van der Waals surface area contributed by atoms with Gasteiger partial charge >= 0.3 is 0 Å². The third-order valence-corrected chi connectivity index (χ3v) is 8.73. The first kappa shape index (κ1) is 30.3. The number of fused-ring (bicyclic) bond motifs is 8. The van der Waals surface area contributed by atoms with Gasteiger partial charge in [-0.3, -0.25) is 0 Å². The Morgan fingerprint density at radius 2 is 1.25 bits per heavy atom. The molecule has 0 fully saturated rings. The van der Waals surface area contributed by atoms with Gasteiger partial charge in [-0.1, -0.05) is 38.5 Å². The van der Waals surface area contributed by atoms with E-state index in [1.165, 1.54) is 0 Å². The van der Waals surface area contributed by atoms with Crippen LogP contribution in [0.5, 0.6) is 0 Å². The minimum atomic E-state index is 0.208. The molecule has 2 aliphatic heterocycles. The molecule has 0 spiro atoms. The zero-order valence-corrected chi connectivity index (χ0v) is 25.7. The van der Waals surface area contributed by atoms with Crippen LogP contribution in [0.1, 0.15) is 65.3 Å². The molecule has 4 N–H and O–H groups in total. The molecule has 2 aliphatic rings. The van der Waals surface area contributed by atoms with Crippen LogP contribution in [0, 0.1) is 27.9 Å². The number of aromatic amines is 2. The molecule has 0 aliphatic carbocycles. The largest absolute Gasteiger partial charge is 0.356 e. The van der Waals surface area contributed by atoms with Gasteiger partial charge in [0.25, 0.3) is 0 Å². The van der Waals surface area contributed by atoms with Crippen molar-refractivity contribution in [1.82, 2.24) is 9.97 Å². The fourth-order valence-corrected chi connectivity index (χ4v) is 6.18. The number of nitrogens with zero attached hydrogens (tertiary/aromatic N) is 2. The summed E-state index contributed by atoms with van der Waals surface area (Å²) < 4.78 is 3.78. The highest BCUT2D eigenvalue weighted by Crippen LogP contribution is 2.36. The van der Waals surface area contributed by atoms with Crippen LogP contribution in [0.3, 0.4) is 0 Å². The molecular formula is C36H38N4O4. The highest BCUT2D eigenvalue weighted by Gasteiger charge is 2.24. The molecule has 0 atom stereocenters. The highest BCUT2D eigenvalue weighted by atomic mass is 17.1. The molecule has 0 saturated heterocycles. The molecule has 3 aromatic rings. The van der Waals surface area contributed by atoms with Crippen LogP contribution in [0.25, 0.3) is 50.4 Å². The lowest BCUT2D eigenvalue weighted by Crippen LogP contribution is -2.30. The standard InChI is InChI=1S/C36H38N4O4/c1-11-25-21(5)29-15-35-26(12-2)23(7)33(39(35)9)18-32-27(13-19(3)43-41)22(6)30(38-32)16-36-28(14-20(4)44-42)24(8)34(40(36)10)17-31(25)37-29/h11-12,15-18,37-38,41-42H,1-4,9-10,13-14H2,5-8H3. The average molecular weight is 591 g/mol. The second kappa shape index (κ2) is 11.5. The van der Waals surface area contributed by atoms with Gasteiger partial charge in [0.15, 0.2) is 0 Å². The predicted molar refractivity (Wildman–Crippen MR) is 176 cm³/mol. The lowest BCUT2D eigenvalue weighted by atomic mass is 10.0. The molecule has 226 valence electrons. The Morgan fingerprint density at radius 3 is 1.89 bits per heavy atom. The summed E-state index contributed by atoms with van der Waals surface area (Å²) in [5.74, 6) is 0.419. The summed E-state index contributed by atoms with van der Waals surface area (Å²) >= 11 is 0. The predicted octanol–water partition coefficient (Wildman–Crippen LogP) is 7.63. The van der Waals surface area contributed by atoms with Gasteiger partial charge in [0.1, 0.15) is 34.3 Å². The van der Waals surface area contributed by atoms with Crippen LogP contribution in [0.4, 0.5) is 0 Å². The number of rotatable bonds is 8. The molecule has 8 nitrogen and oxygen atoms in total. The summed E-state index contributed by atoms with van der Waals surface area (Å²) in [5.41, 5.74) is 14.6. The van der Waals surface area contributed by atoms with Crippen molar-refractivity contribution in [2.45, 2.75) is 40.5 Å². The molecule has 0 radical (unpaired) electrons. The van der Waals surface area contributed by atoms with E-state index >= 15 is 0 Å². The van der Waals surface area contributed by atoms with E-state index in [1.54, 1.807) is 0 Å². The molecule has 0 saturated carbocycles. The third kappa shape index (κ3) is 4.84. The summed E-state index contributed by atoms with van der Waals surface area (Å²) in [6, 6.07) is 8.20. The zero-order valence-electron chi connectivity index (χ0n) is 25.7. The van der Waals surface area contributed by atoms with Gasteiger partial charge in [-0.05, 0) is 90.9 Å². The number of H-pyrrole nitrogens is 2. The Kier molecular flexibility index (Phi) is 7.90. The van der Waals surface area contributed by atoms with Gasteiger partial charge in [-0.25, -0.2) is 10.5 Å². The molecule has 44 heavy (non-hydrogen) atoms. The quantitative estimate of drug-likeness (QED) is 0.0713. The maximum absolute atomic E-state index is 9.36. The Labute approximate surface area is 257 Å². The van der Waals surface area contributed by atoms with Crippen molar-refractivity contribution in [2.24, 2.45) is 0 Å². The van der Waals surface area contributed by atoms with Gasteiger partial charge in [-0.2, -0.15) is 0 Å². The van der Waals surface area contributed by atoms with Gasteiger partial charge in [0.05, 0.1) is 0 Å². The van der Waals surface area contributed by atoms with Gasteiger partial charge < -0.3 is 28.9 Å². The summed E-state index contributed by atoms with van der Waals surface area (Å²) in [7, 11) is 8.83. The smallest absolute Gasteiger partial charge is 0.139 e. The van der Waals surface area contributed by atoms with Crippen molar-refractivity contribution >= 4 is 50.4 Å². The third-order valence-electron chi connectivity index (χ3n) is 8.73. The molecule has 0 unspecified atom stereocenters. The first-order chi connectivity index (χ1) is 20.9. The fourth-order valence-electron chi connectivity index (χ4n) is 6.18. The maximum Gasteiger partial charge on any atom is 0.139 e.